The van der Waals surface area contributed by atoms with E-state index in [1.54, 1.807) is 24.3 Å². The van der Waals surface area contributed by atoms with Gasteiger partial charge in [-0.15, -0.1) is 0 Å². The van der Waals surface area contributed by atoms with E-state index in [1.807, 2.05) is 27.9 Å². The maximum Gasteiger partial charge on any atom is 0.289 e. The summed E-state index contributed by atoms with van der Waals surface area (Å²) in [5.74, 6) is 0.0378. The molecule has 7 heteroatoms. The third-order valence-corrected chi connectivity index (χ3v) is 5.99. The van der Waals surface area contributed by atoms with Crippen LogP contribution in [0.3, 0.4) is 0 Å². The fraction of sp³-hybridized carbons (Fsp3) is 0.231. The lowest BCUT2D eigenvalue weighted by Crippen LogP contribution is -2.48. The molecule has 0 aliphatic carbocycles. The van der Waals surface area contributed by atoms with Gasteiger partial charge in [0.15, 0.2) is 5.76 Å². The second-order valence-electron chi connectivity index (χ2n) is 8.34. The van der Waals surface area contributed by atoms with Crippen LogP contribution in [-0.4, -0.2) is 51.7 Å². The Morgan fingerprint density at radius 3 is 2.39 bits per heavy atom. The highest BCUT2D eigenvalue weighted by Gasteiger charge is 2.25. The first-order valence-electron chi connectivity index (χ1n) is 11.0. The van der Waals surface area contributed by atoms with Gasteiger partial charge in [0.2, 0.25) is 0 Å². The van der Waals surface area contributed by atoms with Crippen molar-refractivity contribution in [3.63, 3.8) is 0 Å². The molecule has 2 aromatic heterocycles. The summed E-state index contributed by atoms with van der Waals surface area (Å²) in [5.41, 5.74) is 4.94. The molecule has 0 unspecified atom stereocenters. The lowest BCUT2D eigenvalue weighted by molar-refractivity contribution is 0.0598. The van der Waals surface area contributed by atoms with Crippen molar-refractivity contribution in [2.75, 3.05) is 26.2 Å². The number of hydrogen-bond acceptors (Lipinski definition) is 4. The van der Waals surface area contributed by atoms with Gasteiger partial charge in [-0.1, -0.05) is 17.7 Å². The molecule has 0 spiro atoms. The summed E-state index contributed by atoms with van der Waals surface area (Å²) in [7, 11) is 0. The van der Waals surface area contributed by atoms with Crippen LogP contribution in [0.1, 0.15) is 21.7 Å². The van der Waals surface area contributed by atoms with Gasteiger partial charge in [-0.25, -0.2) is 9.07 Å². The highest BCUT2D eigenvalue weighted by atomic mass is 19.1. The summed E-state index contributed by atoms with van der Waals surface area (Å²) < 4.78 is 20.6. The van der Waals surface area contributed by atoms with Crippen LogP contribution in [0.15, 0.2) is 77.5 Å². The Labute approximate surface area is 191 Å². The quantitative estimate of drug-likeness (QED) is 0.454. The van der Waals surface area contributed by atoms with Gasteiger partial charge >= 0.3 is 0 Å². The maximum absolute atomic E-state index is 13.5. The van der Waals surface area contributed by atoms with Gasteiger partial charge in [0.05, 0.1) is 17.6 Å². The average molecular weight is 445 g/mol. The molecular weight excluding hydrogens is 419 g/mol. The van der Waals surface area contributed by atoms with E-state index < -0.39 is 0 Å². The van der Waals surface area contributed by atoms with E-state index in [-0.39, 0.29) is 11.7 Å². The summed E-state index contributed by atoms with van der Waals surface area (Å²) >= 11 is 0. The molecule has 168 valence electrons. The fourth-order valence-electron chi connectivity index (χ4n) is 4.11. The zero-order valence-corrected chi connectivity index (χ0v) is 18.4. The van der Waals surface area contributed by atoms with Gasteiger partial charge in [0.1, 0.15) is 5.82 Å². The average Bonchev–Trinajstić information content (AvgIpc) is 3.51. The van der Waals surface area contributed by atoms with Gasteiger partial charge in [-0.05, 0) is 55.5 Å². The Balaban J connectivity index is 1.36. The zero-order chi connectivity index (χ0) is 22.8. The first-order chi connectivity index (χ1) is 16.1. The van der Waals surface area contributed by atoms with Gasteiger partial charge in [-0.2, -0.15) is 5.10 Å². The zero-order valence-electron chi connectivity index (χ0n) is 18.4. The largest absolute Gasteiger partial charge is 0.459 e. The molecule has 2 aromatic carbocycles. The third-order valence-electron chi connectivity index (χ3n) is 5.99. The Morgan fingerprint density at radius 2 is 1.73 bits per heavy atom. The Bertz CT molecular complexity index is 1220. The van der Waals surface area contributed by atoms with Crippen LogP contribution in [0, 0.1) is 12.7 Å². The molecule has 3 heterocycles. The number of amides is 1. The first kappa shape index (κ1) is 21.2. The van der Waals surface area contributed by atoms with Crippen LogP contribution >= 0.6 is 0 Å². The van der Waals surface area contributed by atoms with Crippen LogP contribution in [0.5, 0.6) is 0 Å². The predicted molar refractivity (Wildman–Crippen MR) is 124 cm³/mol. The monoisotopic (exact) mass is 444 g/mol. The molecule has 1 saturated heterocycles. The van der Waals surface area contributed by atoms with Gasteiger partial charge in [0.25, 0.3) is 5.91 Å². The minimum absolute atomic E-state index is 0.0705. The van der Waals surface area contributed by atoms with Crippen LogP contribution in [0.25, 0.3) is 16.9 Å². The van der Waals surface area contributed by atoms with E-state index in [4.69, 9.17) is 9.52 Å². The van der Waals surface area contributed by atoms with Crippen molar-refractivity contribution in [3.8, 4) is 16.9 Å². The lowest BCUT2D eigenvalue weighted by atomic mass is 10.1. The molecule has 0 radical (unpaired) electrons. The highest BCUT2D eigenvalue weighted by Crippen LogP contribution is 2.26. The van der Waals surface area contributed by atoms with Crippen molar-refractivity contribution in [1.82, 2.24) is 19.6 Å². The van der Waals surface area contributed by atoms with E-state index in [0.29, 0.717) is 25.4 Å². The molecule has 1 aliphatic rings. The smallest absolute Gasteiger partial charge is 0.289 e. The van der Waals surface area contributed by atoms with Crippen molar-refractivity contribution < 1.29 is 13.6 Å². The highest BCUT2D eigenvalue weighted by molar-refractivity contribution is 5.91. The van der Waals surface area contributed by atoms with Crippen LogP contribution < -0.4 is 0 Å². The molecule has 1 aliphatic heterocycles. The van der Waals surface area contributed by atoms with E-state index in [2.05, 4.69) is 24.0 Å². The van der Waals surface area contributed by atoms with Crippen LogP contribution in [0.2, 0.25) is 0 Å². The topological polar surface area (TPSA) is 54.5 Å². The Kier molecular flexibility index (Phi) is 5.79. The normalized spacial score (nSPS) is 14.5. The molecule has 33 heavy (non-hydrogen) atoms. The number of aromatic nitrogens is 2. The van der Waals surface area contributed by atoms with Gasteiger partial charge in [-0.3, -0.25) is 9.69 Å². The van der Waals surface area contributed by atoms with E-state index in [0.717, 1.165) is 35.6 Å². The lowest BCUT2D eigenvalue weighted by Gasteiger charge is -2.34. The Morgan fingerprint density at radius 1 is 1.00 bits per heavy atom. The Hall–Kier alpha value is -3.71. The van der Waals surface area contributed by atoms with E-state index in [9.17, 15) is 9.18 Å². The van der Waals surface area contributed by atoms with E-state index in [1.165, 1.54) is 24.0 Å². The number of rotatable bonds is 5. The molecule has 0 atom stereocenters. The second kappa shape index (κ2) is 9.03. The predicted octanol–water partition coefficient (Wildman–Crippen LogP) is 4.54. The number of furan rings is 1. The third kappa shape index (κ3) is 4.59. The fourth-order valence-corrected chi connectivity index (χ4v) is 4.11. The molecule has 0 bridgehead atoms. The van der Waals surface area contributed by atoms with Crippen molar-refractivity contribution >= 4 is 5.91 Å². The van der Waals surface area contributed by atoms with Gasteiger partial charge in [0, 0.05) is 50.0 Å². The molecule has 1 amide bonds. The number of piperazine rings is 1. The molecule has 4 aromatic rings. The number of aryl methyl sites for hydroxylation is 1. The molecule has 0 N–H and O–H groups in total. The summed E-state index contributed by atoms with van der Waals surface area (Å²) in [4.78, 5) is 16.7. The molecule has 6 nitrogen and oxygen atoms in total. The number of nitrogens with zero attached hydrogens (tertiary/aromatic N) is 4. The number of benzene rings is 2. The summed E-state index contributed by atoms with van der Waals surface area (Å²) in [6.45, 7) is 5.53. The molecule has 1 fully saturated rings. The molecule has 5 rings (SSSR count). The summed E-state index contributed by atoms with van der Waals surface area (Å²) in [6, 6.07) is 18.1. The maximum atomic E-state index is 13.5. The van der Waals surface area contributed by atoms with Crippen molar-refractivity contribution in [3.05, 3.63) is 95.8 Å². The summed E-state index contributed by atoms with van der Waals surface area (Å²) in [6.07, 6.45) is 3.57. The standard InChI is InChI=1S/C26H25FN4O2/c1-19-4-10-23(11-5-19)31-18-21(25(28-31)20-6-8-22(27)9-7-20)17-29-12-14-30(15-13-29)26(32)24-3-2-16-33-24/h2-11,16,18H,12-15,17H2,1H3. The molecule has 0 saturated carbocycles. The number of carbonyl (C=O) groups excluding carboxylic acids is 1. The first-order valence-corrected chi connectivity index (χ1v) is 11.0. The number of halogens is 1. The van der Waals surface area contributed by atoms with Crippen LogP contribution in [0.4, 0.5) is 4.39 Å². The van der Waals surface area contributed by atoms with Crippen LogP contribution in [-0.2, 0) is 6.54 Å². The minimum atomic E-state index is -0.268. The minimum Gasteiger partial charge on any atom is -0.459 e. The number of carbonyl (C=O) groups is 1. The SMILES string of the molecule is Cc1ccc(-n2cc(CN3CCN(C(=O)c4ccco4)CC3)c(-c3ccc(F)cc3)n2)cc1. The van der Waals surface area contributed by atoms with Crippen molar-refractivity contribution in [2.45, 2.75) is 13.5 Å². The summed E-state index contributed by atoms with van der Waals surface area (Å²) in [5, 5.41) is 4.84. The molecular formula is C26H25FN4O2. The number of hydrogen-bond donors (Lipinski definition) is 0. The van der Waals surface area contributed by atoms with Crippen molar-refractivity contribution in [1.29, 1.82) is 0 Å². The second-order valence-corrected chi connectivity index (χ2v) is 8.34. The van der Waals surface area contributed by atoms with Gasteiger partial charge < -0.3 is 9.32 Å². The van der Waals surface area contributed by atoms with Crippen molar-refractivity contribution in [2.24, 2.45) is 0 Å². The van der Waals surface area contributed by atoms with E-state index >= 15 is 0 Å².